The molecule has 0 unspecified atom stereocenters. The maximum atomic E-state index is 11.8. The minimum absolute atomic E-state index is 1.37. The molecule has 0 rings (SSSR count). The molecule has 0 heterocycles. The molecule has 19 heavy (non-hydrogen) atoms. The standard InChI is InChI=1S/2C2H3F3NO2S.Hg/c2*3-2(4,5)1-9(6,7)8;/h2*1H2,(H-,6,7,8);/q2*-1;+2. The third kappa shape index (κ3) is 11.8. The van der Waals surface area contributed by atoms with E-state index in [-0.39, 0.29) is 0 Å². The third-order valence-electron chi connectivity index (χ3n) is 1.29. The summed E-state index contributed by atoms with van der Waals surface area (Å²) in [4.78, 5) is 0. The summed E-state index contributed by atoms with van der Waals surface area (Å²) in [6, 6.07) is 0. The van der Waals surface area contributed by atoms with Crippen LogP contribution < -0.4 is 4.97 Å². The fourth-order valence-corrected chi connectivity index (χ4v) is 12.1. The van der Waals surface area contributed by atoms with Crippen LogP contribution in [-0.2, 0) is 45.2 Å². The number of hydrogen-bond donors (Lipinski definition) is 2. The van der Waals surface area contributed by atoms with E-state index in [4.69, 9.17) is 0 Å². The molecule has 0 aliphatic rings. The summed E-state index contributed by atoms with van der Waals surface area (Å²) in [7, 11) is -9.58. The molecule has 0 amide bonds. The van der Waals surface area contributed by atoms with Gasteiger partial charge in [-0.05, 0) is 0 Å². The number of sulfonamides is 2. The Morgan fingerprint density at radius 3 is 1.21 bits per heavy atom. The van der Waals surface area contributed by atoms with Gasteiger partial charge in [-0.1, -0.05) is 0 Å². The van der Waals surface area contributed by atoms with E-state index in [2.05, 4.69) is 0 Å². The van der Waals surface area contributed by atoms with Gasteiger partial charge in [0.15, 0.2) is 0 Å². The number of hydrogen-bond acceptors (Lipinski definition) is 4. The average molecular weight is 525 g/mol. The van der Waals surface area contributed by atoms with Crippen molar-refractivity contribution in [2.75, 3.05) is 11.5 Å². The van der Waals surface area contributed by atoms with E-state index in [9.17, 15) is 43.2 Å². The van der Waals surface area contributed by atoms with E-state index in [1.165, 1.54) is 4.97 Å². The van der Waals surface area contributed by atoms with Crippen molar-refractivity contribution in [3.8, 4) is 0 Å². The van der Waals surface area contributed by atoms with Gasteiger partial charge in [0, 0.05) is 0 Å². The quantitative estimate of drug-likeness (QED) is 0.374. The predicted octanol–water partition coefficient (Wildman–Crippen LogP) is -0.138. The topological polar surface area (TPSA) is 92.3 Å². The summed E-state index contributed by atoms with van der Waals surface area (Å²) in [5.41, 5.74) is 0. The van der Waals surface area contributed by atoms with Gasteiger partial charge in [0.1, 0.15) is 0 Å². The first-order valence-corrected chi connectivity index (χ1v) is 13.0. The Morgan fingerprint density at radius 2 is 1.00 bits per heavy atom. The van der Waals surface area contributed by atoms with Gasteiger partial charge in [0.05, 0.1) is 0 Å². The summed E-state index contributed by atoms with van der Waals surface area (Å²) in [5, 5.41) is 0. The Balaban J connectivity index is 4.39. The van der Waals surface area contributed by atoms with Crippen molar-refractivity contribution in [1.29, 1.82) is 0 Å². The van der Waals surface area contributed by atoms with Crippen molar-refractivity contribution in [1.82, 2.24) is 4.97 Å². The zero-order valence-electron chi connectivity index (χ0n) is 8.84. The van der Waals surface area contributed by atoms with Crippen LogP contribution in [0.3, 0.4) is 0 Å². The van der Waals surface area contributed by atoms with E-state index in [0.29, 0.717) is 0 Å². The molecule has 0 saturated heterocycles. The van der Waals surface area contributed by atoms with Crippen LogP contribution in [0.5, 0.6) is 0 Å². The molecular weight excluding hydrogens is 519 g/mol. The Morgan fingerprint density at radius 1 is 0.737 bits per heavy atom. The van der Waals surface area contributed by atoms with Crippen molar-refractivity contribution >= 4 is 20.0 Å². The van der Waals surface area contributed by atoms with Crippen molar-refractivity contribution in [3.63, 3.8) is 0 Å². The average Bonchev–Trinajstić information content (AvgIpc) is 1.90. The number of halogens is 6. The molecule has 0 aliphatic carbocycles. The Labute approximate surface area is 117 Å². The SMILES string of the molecule is O=S(=O)(CC(F)(F)F)[NH][Hg][NH]S(=O)(=O)CC(F)(F)F. The molecule has 0 fully saturated rings. The predicted molar refractivity (Wildman–Crippen MR) is 46.0 cm³/mol. The molecule has 6 nitrogen and oxygen atoms in total. The summed E-state index contributed by atoms with van der Waals surface area (Å²) in [6.45, 7) is 0. The summed E-state index contributed by atoms with van der Waals surface area (Å²) in [6.07, 6.45) is -10.0. The molecule has 0 aliphatic heterocycles. The van der Waals surface area contributed by atoms with Gasteiger partial charge in [0.25, 0.3) is 0 Å². The van der Waals surface area contributed by atoms with Gasteiger partial charge in [-0.15, -0.1) is 0 Å². The van der Waals surface area contributed by atoms with Gasteiger partial charge >= 0.3 is 117 Å². The summed E-state index contributed by atoms with van der Waals surface area (Å²) < 4.78 is 116. The molecule has 112 valence electrons. The van der Waals surface area contributed by atoms with Crippen LogP contribution in [0.25, 0.3) is 0 Å². The Hall–Kier alpha value is 0.335. The van der Waals surface area contributed by atoms with E-state index in [1.54, 1.807) is 0 Å². The summed E-state index contributed by atoms with van der Waals surface area (Å²) >= 11 is -3.39. The van der Waals surface area contributed by atoms with Crippen molar-refractivity contribution in [3.05, 3.63) is 0 Å². The molecule has 0 aromatic heterocycles. The van der Waals surface area contributed by atoms with E-state index in [1.807, 2.05) is 0 Å². The van der Waals surface area contributed by atoms with Gasteiger partial charge < -0.3 is 0 Å². The van der Waals surface area contributed by atoms with Crippen LogP contribution in [0.1, 0.15) is 0 Å². The molecule has 0 bridgehead atoms. The first-order valence-electron chi connectivity index (χ1n) is 4.20. The van der Waals surface area contributed by atoms with Gasteiger partial charge in [-0.25, -0.2) is 0 Å². The first kappa shape index (κ1) is 19.3. The van der Waals surface area contributed by atoms with Crippen LogP contribution in [0.15, 0.2) is 0 Å². The van der Waals surface area contributed by atoms with Gasteiger partial charge in [-0.2, -0.15) is 0 Å². The Bertz CT molecular complexity index is 450. The summed E-state index contributed by atoms with van der Waals surface area (Å²) in [5.74, 6) is -4.44. The van der Waals surface area contributed by atoms with E-state index < -0.39 is 69.1 Å². The van der Waals surface area contributed by atoms with Crippen molar-refractivity contribution < 1.29 is 68.4 Å². The molecular formula is C4H6F6HgN2O4S2. The first-order chi connectivity index (χ1) is 8.12. The van der Waals surface area contributed by atoms with Crippen LogP contribution in [0.2, 0.25) is 0 Å². The second-order valence-corrected chi connectivity index (χ2v) is 14.9. The fourth-order valence-electron chi connectivity index (χ4n) is 0.782. The molecule has 0 radical (unpaired) electrons. The molecule has 0 saturated carbocycles. The van der Waals surface area contributed by atoms with Crippen LogP contribution in [0.4, 0.5) is 26.3 Å². The third-order valence-corrected chi connectivity index (χ3v) is 17.5. The zero-order valence-corrected chi connectivity index (χ0v) is 16.0. The second-order valence-electron chi connectivity index (χ2n) is 3.21. The van der Waals surface area contributed by atoms with Gasteiger partial charge in [-0.3, -0.25) is 0 Å². The molecule has 0 spiro atoms. The van der Waals surface area contributed by atoms with E-state index in [0.717, 1.165) is 0 Å². The minimum atomic E-state index is -5.02. The van der Waals surface area contributed by atoms with Crippen molar-refractivity contribution in [2.24, 2.45) is 0 Å². The fraction of sp³-hybridized carbons (Fsp3) is 1.00. The second kappa shape index (κ2) is 6.40. The van der Waals surface area contributed by atoms with Crippen molar-refractivity contribution in [2.45, 2.75) is 12.4 Å². The number of alkyl halides is 6. The molecule has 0 aromatic rings. The molecule has 0 aromatic carbocycles. The number of rotatable bonds is 6. The normalized spacial score (nSPS) is 14.2. The van der Waals surface area contributed by atoms with Gasteiger partial charge in [0.2, 0.25) is 0 Å². The van der Waals surface area contributed by atoms with E-state index >= 15 is 0 Å². The maximum absolute atomic E-state index is 11.8. The molecule has 0 atom stereocenters. The monoisotopic (exact) mass is 526 g/mol. The zero-order chi connectivity index (χ0) is 15.5. The Kier molecular flexibility index (Phi) is 6.52. The van der Waals surface area contributed by atoms with Crippen LogP contribution >= 0.6 is 0 Å². The molecule has 2 N–H and O–H groups in total. The van der Waals surface area contributed by atoms with Crippen LogP contribution in [0, 0.1) is 0 Å². The molecule has 15 heteroatoms. The van der Waals surface area contributed by atoms with Crippen LogP contribution in [-0.4, -0.2) is 40.7 Å². The number of nitrogens with one attached hydrogen (secondary N) is 2.